The lowest BCUT2D eigenvalue weighted by Gasteiger charge is -2.43. The summed E-state index contributed by atoms with van der Waals surface area (Å²) in [5.74, 6) is 0.654. The second kappa shape index (κ2) is 8.39. The Kier molecular flexibility index (Phi) is 6.35. The Hall–Kier alpha value is -1.28. The van der Waals surface area contributed by atoms with Crippen LogP contribution in [0.2, 0.25) is 10.0 Å². The molecule has 1 aliphatic heterocycles. The number of rotatable bonds is 5. The first kappa shape index (κ1) is 20.5. The van der Waals surface area contributed by atoms with Crippen molar-refractivity contribution in [3.63, 3.8) is 0 Å². The van der Waals surface area contributed by atoms with Crippen LogP contribution >= 0.6 is 39.1 Å². The fraction of sp³-hybridized carbons (Fsp3) is 0.444. The second-order valence-electron chi connectivity index (χ2n) is 6.54. The van der Waals surface area contributed by atoms with Crippen LogP contribution in [0.3, 0.4) is 0 Å². The van der Waals surface area contributed by atoms with Crippen LogP contribution in [-0.2, 0) is 4.79 Å². The third-order valence-corrected chi connectivity index (χ3v) is 6.48. The summed E-state index contributed by atoms with van der Waals surface area (Å²) in [5.41, 5.74) is 1.81. The molecular formula is C18H21BrCl2N4O2. The van der Waals surface area contributed by atoms with Gasteiger partial charge in [0.05, 0.1) is 22.8 Å². The maximum absolute atomic E-state index is 11.9. The Bertz CT molecular complexity index is 845. The highest BCUT2D eigenvalue weighted by Gasteiger charge is 2.32. The van der Waals surface area contributed by atoms with Crippen LogP contribution in [0.15, 0.2) is 22.8 Å². The predicted molar refractivity (Wildman–Crippen MR) is 111 cm³/mol. The van der Waals surface area contributed by atoms with E-state index >= 15 is 0 Å². The number of hydrogen-bond acceptors (Lipinski definition) is 5. The van der Waals surface area contributed by atoms with Crippen LogP contribution in [0.25, 0.3) is 0 Å². The number of hydrogen-bond donors (Lipinski definition) is 0. The van der Waals surface area contributed by atoms with Gasteiger partial charge in [-0.1, -0.05) is 23.2 Å². The molecule has 0 spiro atoms. The monoisotopic (exact) mass is 474 g/mol. The number of piperazine rings is 1. The number of carbonyl (C=O) groups excluding carboxylic acids is 1. The average Bonchev–Trinajstić information content (AvgIpc) is 2.91. The molecule has 27 heavy (non-hydrogen) atoms. The fourth-order valence-corrected chi connectivity index (χ4v) is 4.22. The van der Waals surface area contributed by atoms with E-state index in [9.17, 15) is 4.79 Å². The normalized spacial score (nSPS) is 19.2. The van der Waals surface area contributed by atoms with Gasteiger partial charge >= 0.3 is 0 Å². The van der Waals surface area contributed by atoms with Crippen LogP contribution < -0.4 is 9.64 Å². The molecule has 0 N–H and O–H groups in total. The van der Waals surface area contributed by atoms with Crippen molar-refractivity contribution >= 4 is 51.1 Å². The molecule has 1 saturated heterocycles. The van der Waals surface area contributed by atoms with Crippen LogP contribution in [0.1, 0.15) is 18.8 Å². The van der Waals surface area contributed by atoms with Gasteiger partial charge < -0.3 is 9.64 Å². The number of nitrogens with zero attached hydrogens (tertiary/aromatic N) is 4. The quantitative estimate of drug-likeness (QED) is 0.607. The maximum Gasteiger partial charge on any atom is 0.161 e. The van der Waals surface area contributed by atoms with E-state index in [1.807, 2.05) is 25.1 Å². The van der Waals surface area contributed by atoms with Gasteiger partial charge in [0.25, 0.3) is 0 Å². The van der Waals surface area contributed by atoms with E-state index in [0.717, 1.165) is 30.8 Å². The van der Waals surface area contributed by atoms with Crippen molar-refractivity contribution in [2.45, 2.75) is 26.1 Å². The van der Waals surface area contributed by atoms with Gasteiger partial charge in [0.1, 0.15) is 10.4 Å². The molecule has 0 aliphatic carbocycles. The van der Waals surface area contributed by atoms with Crippen molar-refractivity contribution < 1.29 is 9.53 Å². The highest BCUT2D eigenvalue weighted by Crippen LogP contribution is 2.32. The molecular weight excluding hydrogens is 455 g/mol. The number of aromatic nitrogens is 2. The molecule has 6 nitrogen and oxygen atoms in total. The summed E-state index contributed by atoms with van der Waals surface area (Å²) in [6, 6.07) is 5.90. The third-order valence-electron chi connectivity index (χ3n) is 4.93. The molecule has 9 heteroatoms. The topological polar surface area (TPSA) is 50.6 Å². The summed E-state index contributed by atoms with van der Waals surface area (Å²) in [5, 5.41) is 5.50. The zero-order chi connectivity index (χ0) is 19.7. The summed E-state index contributed by atoms with van der Waals surface area (Å²) in [6.45, 7) is 6.21. The molecule has 1 aromatic carbocycles. The maximum atomic E-state index is 11.9. The Labute approximate surface area is 177 Å². The Morgan fingerprint density at radius 1 is 1.37 bits per heavy atom. The van der Waals surface area contributed by atoms with E-state index in [-0.39, 0.29) is 6.04 Å². The van der Waals surface area contributed by atoms with Crippen molar-refractivity contribution in [1.29, 1.82) is 0 Å². The number of carbonyl (C=O) groups is 1. The first-order chi connectivity index (χ1) is 12.9. The summed E-state index contributed by atoms with van der Waals surface area (Å²) in [6.07, 6.45) is 0.422. The molecule has 1 aromatic heterocycles. The van der Waals surface area contributed by atoms with Crippen LogP contribution in [0.4, 0.5) is 5.69 Å². The summed E-state index contributed by atoms with van der Waals surface area (Å²) >= 11 is 15.7. The summed E-state index contributed by atoms with van der Waals surface area (Å²) in [4.78, 5) is 16.3. The predicted octanol–water partition coefficient (Wildman–Crippen LogP) is 4.18. The molecule has 0 bridgehead atoms. The first-order valence-corrected chi connectivity index (χ1v) is 10.1. The number of ether oxygens (including phenoxy) is 1. The number of aldehydes is 1. The molecule has 2 aromatic rings. The van der Waals surface area contributed by atoms with Gasteiger partial charge in [-0.3, -0.25) is 9.69 Å². The summed E-state index contributed by atoms with van der Waals surface area (Å²) in [7, 11) is 1.61. The number of anilines is 1. The van der Waals surface area contributed by atoms with Crippen molar-refractivity contribution in [3.8, 4) is 5.75 Å². The number of halogens is 3. The van der Waals surface area contributed by atoms with Gasteiger partial charge in [-0.05, 0) is 41.9 Å². The zero-order valence-corrected chi connectivity index (χ0v) is 18.4. The van der Waals surface area contributed by atoms with E-state index < -0.39 is 6.17 Å². The van der Waals surface area contributed by atoms with Crippen LogP contribution in [0, 0.1) is 6.92 Å². The van der Waals surface area contributed by atoms with Crippen LogP contribution in [-0.4, -0.2) is 53.8 Å². The molecule has 2 atom stereocenters. The van der Waals surface area contributed by atoms with Gasteiger partial charge in [-0.15, -0.1) is 0 Å². The van der Waals surface area contributed by atoms with E-state index in [2.05, 4.69) is 37.8 Å². The van der Waals surface area contributed by atoms with Crippen LogP contribution in [0.5, 0.6) is 5.75 Å². The molecule has 1 unspecified atom stereocenters. The SMILES string of the molecule is COc1cc(N2CCN(C(C=O)n3nc(Br)c(Cl)c3C)[C@@H](C)C2)ccc1Cl. The van der Waals surface area contributed by atoms with E-state index in [0.29, 0.717) is 26.9 Å². The highest BCUT2D eigenvalue weighted by molar-refractivity contribution is 9.10. The standard InChI is InChI=1S/C18H21BrCl2N4O2/c1-11-9-23(13-4-5-14(20)15(8-13)27-3)6-7-24(11)16(10-26)25-12(2)17(21)18(19)22-25/h4-5,8,10-11,16H,6-7,9H2,1-3H3/t11-,16?/m0/s1. The minimum atomic E-state index is -0.495. The zero-order valence-electron chi connectivity index (χ0n) is 15.3. The average molecular weight is 476 g/mol. The minimum Gasteiger partial charge on any atom is -0.495 e. The lowest BCUT2D eigenvalue weighted by atomic mass is 10.1. The lowest BCUT2D eigenvalue weighted by Crippen LogP contribution is -2.54. The van der Waals surface area contributed by atoms with Crippen molar-refractivity contribution in [3.05, 3.63) is 38.5 Å². The molecule has 2 heterocycles. The molecule has 1 aliphatic rings. The Balaban J connectivity index is 1.79. The third kappa shape index (κ3) is 3.97. The van der Waals surface area contributed by atoms with Gasteiger partial charge in [0, 0.05) is 37.4 Å². The van der Waals surface area contributed by atoms with E-state index in [1.165, 1.54) is 0 Å². The molecule has 146 valence electrons. The fourth-order valence-electron chi connectivity index (χ4n) is 3.44. The van der Waals surface area contributed by atoms with Gasteiger partial charge in [0.2, 0.25) is 0 Å². The Morgan fingerprint density at radius 2 is 2.11 bits per heavy atom. The molecule has 0 saturated carbocycles. The second-order valence-corrected chi connectivity index (χ2v) is 8.07. The van der Waals surface area contributed by atoms with Crippen molar-refractivity contribution in [2.24, 2.45) is 0 Å². The van der Waals surface area contributed by atoms with E-state index in [1.54, 1.807) is 11.8 Å². The lowest BCUT2D eigenvalue weighted by molar-refractivity contribution is -0.117. The summed E-state index contributed by atoms with van der Waals surface area (Å²) < 4.78 is 7.55. The Morgan fingerprint density at radius 3 is 2.67 bits per heavy atom. The number of methoxy groups -OCH3 is 1. The molecule has 1 fully saturated rings. The van der Waals surface area contributed by atoms with Gasteiger partial charge in [0.15, 0.2) is 12.5 Å². The number of benzene rings is 1. The molecule has 3 rings (SSSR count). The van der Waals surface area contributed by atoms with Gasteiger partial charge in [-0.2, -0.15) is 5.10 Å². The smallest absolute Gasteiger partial charge is 0.161 e. The van der Waals surface area contributed by atoms with Crippen molar-refractivity contribution in [2.75, 3.05) is 31.6 Å². The molecule has 0 radical (unpaired) electrons. The highest BCUT2D eigenvalue weighted by atomic mass is 79.9. The molecule has 0 amide bonds. The van der Waals surface area contributed by atoms with Crippen molar-refractivity contribution in [1.82, 2.24) is 14.7 Å². The largest absolute Gasteiger partial charge is 0.495 e. The van der Waals surface area contributed by atoms with E-state index in [4.69, 9.17) is 27.9 Å². The minimum absolute atomic E-state index is 0.136. The first-order valence-electron chi connectivity index (χ1n) is 8.57. The van der Waals surface area contributed by atoms with Gasteiger partial charge in [-0.25, -0.2) is 4.68 Å².